The fourth-order valence-electron chi connectivity index (χ4n) is 6.28. The largest absolute Gasteiger partial charge is 0.395 e. The zero-order valence-corrected chi connectivity index (χ0v) is 32.7. The Morgan fingerprint density at radius 1 is 0.760 bits per heavy atom. The minimum atomic E-state index is 0.166. The van der Waals surface area contributed by atoms with Gasteiger partial charge < -0.3 is 20.0 Å². The fraction of sp³-hybridized carbons (Fsp3) is 0.429. The first kappa shape index (κ1) is 39.5. The topological polar surface area (TPSA) is 53.8 Å². The Morgan fingerprint density at radius 3 is 1.78 bits per heavy atom. The lowest BCUT2D eigenvalue weighted by atomic mass is 9.98. The van der Waals surface area contributed by atoms with Crippen LogP contribution in [0.5, 0.6) is 0 Å². The van der Waals surface area contributed by atoms with E-state index < -0.39 is 0 Å². The number of aromatic nitrogens is 1. The van der Waals surface area contributed by atoms with Gasteiger partial charge in [0, 0.05) is 62.2 Å². The zero-order valence-electron chi connectivity index (χ0n) is 31.1. The van der Waals surface area contributed by atoms with Crippen LogP contribution in [0.1, 0.15) is 61.9 Å². The molecule has 1 aromatic heterocycles. The van der Waals surface area contributed by atoms with E-state index in [0.29, 0.717) is 13.1 Å². The molecule has 268 valence electrons. The summed E-state index contributed by atoms with van der Waals surface area (Å²) in [5.41, 5.74) is 12.6. The van der Waals surface area contributed by atoms with E-state index in [1.807, 2.05) is 21.6 Å². The Labute approximate surface area is 309 Å². The van der Waals surface area contributed by atoms with E-state index >= 15 is 0 Å². The first-order valence-corrected chi connectivity index (χ1v) is 20.6. The maximum Gasteiger partial charge on any atom is 0.169 e. The maximum atomic E-state index is 9.37. The van der Waals surface area contributed by atoms with Gasteiger partial charge in [0.05, 0.1) is 24.7 Å². The molecule has 4 rings (SSSR count). The van der Waals surface area contributed by atoms with E-state index in [1.54, 1.807) is 0 Å². The minimum Gasteiger partial charge on any atom is -0.395 e. The third kappa shape index (κ3) is 11.6. The quantitative estimate of drug-likeness (QED) is 0.0755. The molecular weight excluding hydrogens is 657 g/mol. The Bertz CT molecular complexity index is 1660. The van der Waals surface area contributed by atoms with E-state index in [9.17, 15) is 10.2 Å². The molecule has 0 fully saturated rings. The van der Waals surface area contributed by atoms with Gasteiger partial charge >= 0.3 is 0 Å². The van der Waals surface area contributed by atoms with Crippen LogP contribution in [0.3, 0.4) is 0 Å². The summed E-state index contributed by atoms with van der Waals surface area (Å²) in [6.07, 6.45) is 14.6. The monoisotopic (exact) mass is 714 g/mol. The average Bonchev–Trinajstić information content (AvgIpc) is 3.13. The number of benzene rings is 2. The number of anilines is 2. The van der Waals surface area contributed by atoms with Crippen molar-refractivity contribution in [2.75, 3.05) is 73.8 Å². The van der Waals surface area contributed by atoms with E-state index in [1.165, 1.54) is 50.2 Å². The number of allylic oxidation sites excluding steroid dienone is 3. The summed E-state index contributed by atoms with van der Waals surface area (Å²) in [6, 6.07) is 17.6. The normalized spacial score (nSPS) is 13.7. The average molecular weight is 715 g/mol. The summed E-state index contributed by atoms with van der Waals surface area (Å²) in [4.78, 5) is 4.41. The molecule has 0 aliphatic carbocycles. The first-order chi connectivity index (χ1) is 24.3. The molecule has 8 heteroatoms. The van der Waals surface area contributed by atoms with Crippen molar-refractivity contribution in [3.8, 4) is 0 Å². The summed E-state index contributed by atoms with van der Waals surface area (Å²) < 4.78 is 4.72. The third-order valence-corrected chi connectivity index (χ3v) is 11.8. The number of hydrogen-bond acceptors (Lipinski definition) is 6. The Hall–Kier alpha value is -3.30. The van der Waals surface area contributed by atoms with E-state index in [-0.39, 0.29) is 13.2 Å². The van der Waals surface area contributed by atoms with Crippen molar-refractivity contribution in [2.24, 2.45) is 0 Å². The number of aryl methyl sites for hydroxylation is 3. The van der Waals surface area contributed by atoms with Gasteiger partial charge in [0.15, 0.2) is 31.7 Å². The molecule has 1 aliphatic rings. The van der Waals surface area contributed by atoms with Crippen LogP contribution in [-0.4, -0.2) is 85.0 Å². The number of aliphatic hydroxyl groups excluding tert-OH is 2. The van der Waals surface area contributed by atoms with Gasteiger partial charge in [-0.05, 0) is 110 Å². The zero-order chi connectivity index (χ0) is 35.9. The number of hydrogen-bond donors (Lipinski definition) is 2. The Kier molecular flexibility index (Phi) is 16.2. The van der Waals surface area contributed by atoms with Crippen molar-refractivity contribution < 1.29 is 19.4 Å². The highest BCUT2D eigenvalue weighted by molar-refractivity contribution is 8.76. The summed E-state index contributed by atoms with van der Waals surface area (Å²) in [6.45, 7) is 19.6. The van der Waals surface area contributed by atoms with Gasteiger partial charge in [0.2, 0.25) is 0 Å². The number of likely N-dealkylation sites (N-methyl/N-ethyl adjacent to an activating group) is 2. The molecule has 0 amide bonds. The predicted octanol–water partition coefficient (Wildman–Crippen LogP) is 7.69. The van der Waals surface area contributed by atoms with Crippen molar-refractivity contribution in [3.05, 3.63) is 106 Å². The first-order valence-electron chi connectivity index (χ1n) is 18.1. The lowest BCUT2D eigenvalue weighted by Crippen LogP contribution is -2.33. The van der Waals surface area contributed by atoms with Crippen LogP contribution < -0.4 is 14.4 Å². The van der Waals surface area contributed by atoms with Crippen LogP contribution in [0.4, 0.5) is 11.4 Å². The smallest absolute Gasteiger partial charge is 0.169 e. The van der Waals surface area contributed by atoms with Gasteiger partial charge in [-0.1, -0.05) is 45.9 Å². The lowest BCUT2D eigenvalue weighted by Gasteiger charge is -2.23. The van der Waals surface area contributed by atoms with Crippen molar-refractivity contribution in [3.63, 3.8) is 0 Å². The number of pyridine rings is 1. The predicted molar refractivity (Wildman–Crippen MR) is 220 cm³/mol. The lowest BCUT2D eigenvalue weighted by molar-refractivity contribution is -0.692. The van der Waals surface area contributed by atoms with Crippen molar-refractivity contribution in [2.45, 2.75) is 54.5 Å². The molecule has 0 radical (unpaired) electrons. The second-order valence-corrected chi connectivity index (χ2v) is 15.6. The highest BCUT2D eigenvalue weighted by Crippen LogP contribution is 2.26. The molecule has 3 aromatic rings. The molecule has 2 heterocycles. The summed E-state index contributed by atoms with van der Waals surface area (Å²) >= 11 is 0. The highest BCUT2D eigenvalue weighted by Gasteiger charge is 2.14. The fourth-order valence-corrected chi connectivity index (χ4v) is 8.26. The van der Waals surface area contributed by atoms with E-state index in [2.05, 4.69) is 146 Å². The van der Waals surface area contributed by atoms with Gasteiger partial charge in [0.1, 0.15) is 6.54 Å². The molecule has 0 saturated carbocycles. The van der Waals surface area contributed by atoms with Crippen LogP contribution in [0.2, 0.25) is 0 Å². The van der Waals surface area contributed by atoms with E-state index in [4.69, 9.17) is 0 Å². The van der Waals surface area contributed by atoms with Crippen molar-refractivity contribution >= 4 is 56.9 Å². The molecule has 0 atom stereocenters. The molecule has 0 saturated heterocycles. The van der Waals surface area contributed by atoms with Crippen LogP contribution in [0.25, 0.3) is 17.7 Å². The second kappa shape index (κ2) is 20.5. The summed E-state index contributed by atoms with van der Waals surface area (Å²) in [5, 5.41) is 18.7. The number of nitrogens with zero attached hydrogens (tertiary/aromatic N) is 4. The summed E-state index contributed by atoms with van der Waals surface area (Å²) in [5.74, 6) is 2.19. The molecule has 50 heavy (non-hydrogen) atoms. The van der Waals surface area contributed by atoms with E-state index in [0.717, 1.165) is 56.3 Å². The maximum absolute atomic E-state index is 9.37. The van der Waals surface area contributed by atoms with Crippen LogP contribution >= 0.6 is 21.6 Å². The number of aliphatic hydroxyl groups is 2. The van der Waals surface area contributed by atoms with Crippen LogP contribution in [0, 0.1) is 13.8 Å². The highest BCUT2D eigenvalue weighted by atomic mass is 33.1. The van der Waals surface area contributed by atoms with Gasteiger partial charge in [-0.25, -0.2) is 9.14 Å². The van der Waals surface area contributed by atoms with Gasteiger partial charge in [-0.2, -0.15) is 0 Å². The molecular formula is C42H58N4O2S2+2. The Morgan fingerprint density at radius 2 is 1.30 bits per heavy atom. The number of rotatable bonds is 19. The molecule has 0 unspecified atom stereocenters. The van der Waals surface area contributed by atoms with Gasteiger partial charge in [-0.15, -0.1) is 0 Å². The summed E-state index contributed by atoms with van der Waals surface area (Å²) in [7, 11) is 3.93. The van der Waals surface area contributed by atoms with Crippen LogP contribution in [0.15, 0.2) is 78.1 Å². The molecule has 6 nitrogen and oxygen atoms in total. The standard InChI is InChI=1S/C42H58N4O2S2/c1-7-45(21-25-47)41-11-9-39(35(5)31-41)29-33(3)37-13-17-43(18-14-37)23-27-49-50-28-24-44-19-15-38(16-20-44)34(4)30-40-10-12-42(32-36(40)6)46(8-2)22-26-48/h9-15,17-19,29-32,47-48H,7-8,16,20-28H2,1-6H3/q+2. The Balaban J connectivity index is 1.19. The molecule has 2 aromatic carbocycles. The van der Waals surface area contributed by atoms with Crippen molar-refractivity contribution in [1.29, 1.82) is 0 Å². The molecule has 1 aliphatic heterocycles. The SMILES string of the molecule is CCN(CCO)c1ccc(/C=C(\C)C2=CC=[N+](CCSSCC[n+]3ccc(/C(C)=C/c4ccc(N(CC)CCO)cc4C)cc3)CC2)c(C)c1. The van der Waals surface area contributed by atoms with Crippen molar-refractivity contribution in [1.82, 2.24) is 0 Å². The molecule has 0 bridgehead atoms. The molecule has 0 spiro atoms. The molecule has 2 N–H and O–H groups in total. The van der Waals surface area contributed by atoms with Gasteiger partial charge in [0.25, 0.3) is 0 Å². The van der Waals surface area contributed by atoms with Gasteiger partial charge in [-0.3, -0.25) is 0 Å². The van der Waals surface area contributed by atoms with Crippen LogP contribution in [-0.2, 0) is 6.54 Å². The minimum absolute atomic E-state index is 0.166. The third-order valence-electron chi connectivity index (χ3n) is 9.47. The second-order valence-electron chi connectivity index (χ2n) is 12.9.